The number of nitrogens with zero attached hydrogens (tertiary/aromatic N) is 2. The molecule has 4 aromatic carbocycles. The van der Waals surface area contributed by atoms with E-state index in [-0.39, 0.29) is 0 Å². The summed E-state index contributed by atoms with van der Waals surface area (Å²) in [6.07, 6.45) is 0. The zero-order valence-corrected chi connectivity index (χ0v) is 17.7. The van der Waals surface area contributed by atoms with Crippen molar-refractivity contribution in [3.05, 3.63) is 108 Å². The number of fused-ring (bicyclic) bond motifs is 2. The predicted molar refractivity (Wildman–Crippen MR) is 127 cm³/mol. The molecule has 1 amide bonds. The number of carbonyl (C=O) groups is 1. The Hall–Kier alpha value is -3.57. The van der Waals surface area contributed by atoms with E-state index < -0.39 is 5.91 Å². The van der Waals surface area contributed by atoms with Gasteiger partial charge in [0.1, 0.15) is 0 Å². The second-order valence-corrected chi connectivity index (χ2v) is 8.45. The highest BCUT2D eigenvalue weighted by molar-refractivity contribution is 7.98. The summed E-state index contributed by atoms with van der Waals surface area (Å²) in [5.74, 6) is 0.371. The van der Waals surface area contributed by atoms with E-state index in [0.717, 1.165) is 21.9 Å². The van der Waals surface area contributed by atoms with Crippen LogP contribution in [0.15, 0.2) is 96.2 Å². The van der Waals surface area contributed by atoms with Gasteiger partial charge in [0, 0.05) is 11.3 Å². The van der Waals surface area contributed by atoms with Crippen molar-refractivity contribution in [3.8, 4) is 0 Å². The highest BCUT2D eigenvalue weighted by atomic mass is 32.2. The van der Waals surface area contributed by atoms with Gasteiger partial charge in [-0.3, -0.25) is 4.79 Å². The molecule has 0 saturated heterocycles. The van der Waals surface area contributed by atoms with E-state index in [0.29, 0.717) is 12.1 Å². The molecule has 5 rings (SSSR count). The summed E-state index contributed by atoms with van der Waals surface area (Å²) in [7, 11) is 0. The first kappa shape index (κ1) is 19.4. The summed E-state index contributed by atoms with van der Waals surface area (Å²) in [5, 5.41) is 3.41. The van der Waals surface area contributed by atoms with Crippen LogP contribution in [0.1, 0.15) is 21.5 Å². The van der Waals surface area contributed by atoms with E-state index in [2.05, 4.69) is 59.2 Å². The van der Waals surface area contributed by atoms with Crippen LogP contribution in [0.3, 0.4) is 0 Å². The lowest BCUT2D eigenvalue weighted by Gasteiger charge is -2.10. The smallest absolute Gasteiger partial charge is 0.248 e. The molecule has 152 valence electrons. The average molecular weight is 424 g/mol. The minimum Gasteiger partial charge on any atom is -0.366 e. The number of carbonyl (C=O) groups excluding carboxylic acids is 1. The van der Waals surface area contributed by atoms with Gasteiger partial charge in [0.2, 0.25) is 5.91 Å². The van der Waals surface area contributed by atoms with Gasteiger partial charge in [0.25, 0.3) is 0 Å². The molecule has 0 aliphatic heterocycles. The van der Waals surface area contributed by atoms with E-state index in [1.807, 2.05) is 24.3 Å². The number of aromatic nitrogens is 2. The Morgan fingerprint density at radius 3 is 2.42 bits per heavy atom. The SMILES string of the molecule is NC(=O)c1ccc2c(c1)nc(SCc1ccc3ccccc3c1)n2Cc1ccccc1. The largest absolute Gasteiger partial charge is 0.366 e. The molecule has 1 heterocycles. The molecule has 0 bridgehead atoms. The number of hydrogen-bond acceptors (Lipinski definition) is 3. The number of nitrogens with two attached hydrogens (primary N) is 1. The predicted octanol–water partition coefficient (Wildman–Crippen LogP) is 5.63. The van der Waals surface area contributed by atoms with Crippen LogP contribution < -0.4 is 5.73 Å². The Labute approximate surface area is 184 Å². The number of benzene rings is 4. The fourth-order valence-electron chi connectivity index (χ4n) is 3.77. The van der Waals surface area contributed by atoms with Crippen molar-refractivity contribution in [2.24, 2.45) is 5.73 Å². The fourth-order valence-corrected chi connectivity index (χ4v) is 4.72. The van der Waals surface area contributed by atoms with Crippen molar-refractivity contribution < 1.29 is 4.79 Å². The maximum atomic E-state index is 11.6. The van der Waals surface area contributed by atoms with Crippen LogP contribution in [-0.4, -0.2) is 15.5 Å². The van der Waals surface area contributed by atoms with Crippen LogP contribution in [0, 0.1) is 0 Å². The van der Waals surface area contributed by atoms with E-state index in [9.17, 15) is 4.79 Å². The molecule has 5 heteroatoms. The molecule has 0 aliphatic rings. The van der Waals surface area contributed by atoms with Crippen molar-refractivity contribution in [2.75, 3.05) is 0 Å². The van der Waals surface area contributed by atoms with Crippen molar-refractivity contribution in [3.63, 3.8) is 0 Å². The number of imidazole rings is 1. The van der Waals surface area contributed by atoms with Gasteiger partial charge in [-0.05, 0) is 40.1 Å². The Bertz CT molecular complexity index is 1390. The zero-order chi connectivity index (χ0) is 21.2. The molecule has 5 aromatic rings. The molecule has 4 nitrogen and oxygen atoms in total. The maximum absolute atomic E-state index is 11.6. The van der Waals surface area contributed by atoms with Gasteiger partial charge < -0.3 is 10.3 Å². The highest BCUT2D eigenvalue weighted by Gasteiger charge is 2.14. The number of rotatable bonds is 6. The molecular weight excluding hydrogens is 402 g/mol. The molecule has 0 radical (unpaired) electrons. The van der Waals surface area contributed by atoms with Crippen LogP contribution in [0.25, 0.3) is 21.8 Å². The molecule has 0 saturated carbocycles. The monoisotopic (exact) mass is 423 g/mol. The van der Waals surface area contributed by atoms with Crippen molar-refractivity contribution in [2.45, 2.75) is 17.5 Å². The molecule has 0 fully saturated rings. The quantitative estimate of drug-likeness (QED) is 0.360. The highest BCUT2D eigenvalue weighted by Crippen LogP contribution is 2.29. The van der Waals surface area contributed by atoms with Crippen LogP contribution in [0.5, 0.6) is 0 Å². The molecule has 0 atom stereocenters. The summed E-state index contributed by atoms with van der Waals surface area (Å²) >= 11 is 1.70. The molecule has 2 N–H and O–H groups in total. The fraction of sp³-hybridized carbons (Fsp3) is 0.0769. The van der Waals surface area contributed by atoms with Gasteiger partial charge in [0.05, 0.1) is 17.6 Å². The first-order chi connectivity index (χ1) is 15.2. The normalized spacial score (nSPS) is 11.2. The van der Waals surface area contributed by atoms with Crippen molar-refractivity contribution in [1.29, 1.82) is 0 Å². The van der Waals surface area contributed by atoms with Gasteiger partial charge in [0.15, 0.2) is 5.16 Å². The van der Waals surface area contributed by atoms with Gasteiger partial charge in [-0.1, -0.05) is 84.6 Å². The Balaban J connectivity index is 1.50. The van der Waals surface area contributed by atoms with Crippen LogP contribution in [0.4, 0.5) is 0 Å². The topological polar surface area (TPSA) is 60.9 Å². The number of amides is 1. The van der Waals surface area contributed by atoms with E-state index in [1.54, 1.807) is 23.9 Å². The van der Waals surface area contributed by atoms with Crippen molar-refractivity contribution >= 4 is 39.5 Å². The average Bonchev–Trinajstić information content (AvgIpc) is 3.14. The standard InChI is InChI=1S/C26H21N3OS/c27-25(30)22-12-13-24-23(15-22)28-26(29(24)16-18-6-2-1-3-7-18)31-17-19-10-11-20-8-4-5-9-21(20)14-19/h1-15H,16-17H2,(H2,27,30). The van der Waals surface area contributed by atoms with Crippen LogP contribution in [0.2, 0.25) is 0 Å². The van der Waals surface area contributed by atoms with Gasteiger partial charge in [-0.25, -0.2) is 4.98 Å². The first-order valence-corrected chi connectivity index (χ1v) is 11.1. The third-order valence-corrected chi connectivity index (χ3v) is 6.41. The summed E-state index contributed by atoms with van der Waals surface area (Å²) in [6.45, 7) is 0.716. The van der Waals surface area contributed by atoms with Crippen molar-refractivity contribution in [1.82, 2.24) is 9.55 Å². The van der Waals surface area contributed by atoms with Gasteiger partial charge in [-0.2, -0.15) is 0 Å². The lowest BCUT2D eigenvalue weighted by molar-refractivity contribution is 0.100. The Morgan fingerprint density at radius 1 is 0.839 bits per heavy atom. The summed E-state index contributed by atoms with van der Waals surface area (Å²) in [5.41, 5.74) is 10.2. The third kappa shape index (κ3) is 4.05. The van der Waals surface area contributed by atoms with Gasteiger partial charge in [-0.15, -0.1) is 0 Å². The molecular formula is C26H21N3OS. The Morgan fingerprint density at radius 2 is 1.61 bits per heavy atom. The summed E-state index contributed by atoms with van der Waals surface area (Å²) in [6, 6.07) is 30.8. The summed E-state index contributed by atoms with van der Waals surface area (Å²) in [4.78, 5) is 16.5. The van der Waals surface area contributed by atoms with Crippen LogP contribution >= 0.6 is 11.8 Å². The van der Waals surface area contributed by atoms with E-state index in [1.165, 1.54) is 21.9 Å². The maximum Gasteiger partial charge on any atom is 0.248 e. The second kappa shape index (κ2) is 8.28. The molecule has 0 unspecified atom stereocenters. The lowest BCUT2D eigenvalue weighted by atomic mass is 10.1. The Kier molecular flexibility index (Phi) is 5.18. The van der Waals surface area contributed by atoms with E-state index >= 15 is 0 Å². The molecule has 31 heavy (non-hydrogen) atoms. The van der Waals surface area contributed by atoms with Crippen LogP contribution in [-0.2, 0) is 12.3 Å². The van der Waals surface area contributed by atoms with E-state index in [4.69, 9.17) is 10.7 Å². The summed E-state index contributed by atoms with van der Waals surface area (Å²) < 4.78 is 2.21. The number of primary amides is 1. The minimum absolute atomic E-state index is 0.440. The molecule has 0 aliphatic carbocycles. The molecule has 1 aromatic heterocycles. The third-order valence-electron chi connectivity index (χ3n) is 5.36. The van der Waals surface area contributed by atoms with Gasteiger partial charge >= 0.3 is 0 Å². The lowest BCUT2D eigenvalue weighted by Crippen LogP contribution is -2.10. The molecule has 0 spiro atoms. The minimum atomic E-state index is -0.440. The number of hydrogen-bond donors (Lipinski definition) is 1. The first-order valence-electron chi connectivity index (χ1n) is 10.1. The second-order valence-electron chi connectivity index (χ2n) is 7.50. The zero-order valence-electron chi connectivity index (χ0n) is 16.9. The number of thioether (sulfide) groups is 1.